The minimum atomic E-state index is -1.26. The molecule has 10 nitrogen and oxygen atoms in total. The number of aromatic nitrogens is 6. The van der Waals surface area contributed by atoms with Crippen molar-refractivity contribution in [3.05, 3.63) is 77.8 Å². The SMILES string of the molecule is Cn1cncc1COC1=CC(F)CC(OCc2ccc(-c3nn(C4CCOCC4)c4ncnc(N)c34)cc2F)=C1. The lowest BCUT2D eigenvalue weighted by Gasteiger charge is -2.22. The average molecular weight is 550 g/mol. The highest BCUT2D eigenvalue weighted by Gasteiger charge is 2.24. The number of hydrogen-bond donors (Lipinski definition) is 1. The predicted molar refractivity (Wildman–Crippen MR) is 143 cm³/mol. The number of anilines is 1. The van der Waals surface area contributed by atoms with Gasteiger partial charge in [0, 0.05) is 43.9 Å². The Hall–Kier alpha value is -4.32. The maximum Gasteiger partial charge on any atom is 0.164 e. The number of hydrogen-bond acceptors (Lipinski definition) is 8. The third kappa shape index (κ3) is 5.26. The number of nitrogen functional groups attached to an aromatic ring is 1. The van der Waals surface area contributed by atoms with Gasteiger partial charge in [-0.05, 0) is 25.0 Å². The number of ether oxygens (including phenoxy) is 3. The molecule has 1 aromatic carbocycles. The first-order chi connectivity index (χ1) is 19.5. The molecule has 3 aromatic heterocycles. The van der Waals surface area contributed by atoms with Gasteiger partial charge in [-0.15, -0.1) is 0 Å². The van der Waals surface area contributed by atoms with Gasteiger partial charge >= 0.3 is 0 Å². The molecule has 2 N–H and O–H groups in total. The zero-order valence-corrected chi connectivity index (χ0v) is 22.0. The summed E-state index contributed by atoms with van der Waals surface area (Å²) in [7, 11) is 1.85. The number of halogens is 2. The lowest BCUT2D eigenvalue weighted by atomic mass is 10.1. The van der Waals surface area contributed by atoms with Gasteiger partial charge in [-0.1, -0.05) is 12.1 Å². The third-order valence-corrected chi connectivity index (χ3v) is 7.14. The Labute approximate surface area is 229 Å². The fourth-order valence-electron chi connectivity index (χ4n) is 4.93. The Morgan fingerprint density at radius 2 is 2.00 bits per heavy atom. The van der Waals surface area contributed by atoms with Gasteiger partial charge in [0.25, 0.3) is 0 Å². The number of aryl methyl sites for hydroxylation is 1. The summed E-state index contributed by atoms with van der Waals surface area (Å²) in [5, 5.41) is 5.38. The van der Waals surface area contributed by atoms with Crippen LogP contribution in [0, 0.1) is 5.82 Å². The van der Waals surface area contributed by atoms with Crippen LogP contribution in [0.3, 0.4) is 0 Å². The summed E-state index contributed by atoms with van der Waals surface area (Å²) in [6.45, 7) is 1.45. The summed E-state index contributed by atoms with van der Waals surface area (Å²) in [4.78, 5) is 12.6. The van der Waals surface area contributed by atoms with Crippen molar-refractivity contribution < 1.29 is 23.0 Å². The fraction of sp³-hybridized carbons (Fsp3) is 0.357. The molecule has 1 fully saturated rings. The highest BCUT2D eigenvalue weighted by molar-refractivity contribution is 5.98. The van der Waals surface area contributed by atoms with Gasteiger partial charge in [-0.2, -0.15) is 5.10 Å². The normalized spacial score (nSPS) is 18.0. The number of rotatable bonds is 8. The topological polar surface area (TPSA) is 115 Å². The van der Waals surface area contributed by atoms with Gasteiger partial charge in [-0.25, -0.2) is 28.4 Å². The van der Waals surface area contributed by atoms with Crippen LogP contribution in [0.15, 0.2) is 60.7 Å². The number of fused-ring (bicyclic) bond motifs is 1. The van der Waals surface area contributed by atoms with E-state index in [4.69, 9.17) is 25.0 Å². The highest BCUT2D eigenvalue weighted by Crippen LogP contribution is 2.34. The summed E-state index contributed by atoms with van der Waals surface area (Å²) in [5.74, 6) is 0.547. The summed E-state index contributed by atoms with van der Waals surface area (Å²) < 4.78 is 50.4. The molecular formula is C28H29F2N7O3. The molecule has 40 heavy (non-hydrogen) atoms. The fourth-order valence-corrected chi connectivity index (χ4v) is 4.93. The number of allylic oxidation sites excluding steroid dienone is 3. The van der Waals surface area contributed by atoms with Crippen LogP contribution in [-0.4, -0.2) is 48.7 Å². The molecular weight excluding hydrogens is 520 g/mol. The number of nitrogens with zero attached hydrogens (tertiary/aromatic N) is 6. The second-order valence-electron chi connectivity index (χ2n) is 9.87. The number of imidazole rings is 1. The van der Waals surface area contributed by atoms with E-state index >= 15 is 4.39 Å². The molecule has 0 saturated carbocycles. The van der Waals surface area contributed by atoms with E-state index in [0.29, 0.717) is 52.6 Å². The summed E-state index contributed by atoms with van der Waals surface area (Å²) in [6.07, 6.45) is 8.17. The second kappa shape index (κ2) is 11.0. The molecule has 1 unspecified atom stereocenters. The number of benzene rings is 1. The summed E-state index contributed by atoms with van der Waals surface area (Å²) in [5.41, 5.74) is 9.06. The first-order valence-corrected chi connectivity index (χ1v) is 13.1. The standard InChI is InChI=1S/C28H29F2N7O3/c1-36-16-32-12-21(36)14-40-23-10-19(29)9-22(11-23)39-13-18-3-2-17(8-24(18)30)26-25-27(31)33-15-34-28(25)37(35-26)20-4-6-38-7-5-20/h2-3,8,10-12,15-16,19-20H,4-7,9,13-14H2,1H3,(H2,31,33,34). The maximum absolute atomic E-state index is 15.3. The average Bonchev–Trinajstić information content (AvgIpc) is 3.55. The van der Waals surface area contributed by atoms with Crippen molar-refractivity contribution in [2.75, 3.05) is 18.9 Å². The summed E-state index contributed by atoms with van der Waals surface area (Å²) >= 11 is 0. The van der Waals surface area contributed by atoms with Gasteiger partial charge in [0.15, 0.2) is 5.65 Å². The molecule has 0 bridgehead atoms. The van der Waals surface area contributed by atoms with E-state index in [1.54, 1.807) is 30.7 Å². The molecule has 0 spiro atoms. The molecule has 6 rings (SSSR count). The maximum atomic E-state index is 15.3. The van der Waals surface area contributed by atoms with Crippen molar-refractivity contribution >= 4 is 16.9 Å². The lowest BCUT2D eigenvalue weighted by molar-refractivity contribution is 0.0674. The first-order valence-electron chi connectivity index (χ1n) is 13.1. The van der Waals surface area contributed by atoms with Gasteiger partial charge in [-0.3, -0.25) is 0 Å². The van der Waals surface area contributed by atoms with E-state index in [9.17, 15) is 4.39 Å². The van der Waals surface area contributed by atoms with Gasteiger partial charge in [0.05, 0.1) is 29.6 Å². The van der Waals surface area contributed by atoms with Crippen molar-refractivity contribution in [3.8, 4) is 11.3 Å². The van der Waals surface area contributed by atoms with E-state index in [1.807, 2.05) is 16.3 Å². The molecule has 4 heterocycles. The van der Waals surface area contributed by atoms with E-state index < -0.39 is 12.0 Å². The van der Waals surface area contributed by atoms with Crippen LogP contribution < -0.4 is 5.73 Å². The van der Waals surface area contributed by atoms with E-state index in [0.717, 1.165) is 18.5 Å². The molecule has 2 aliphatic rings. The highest BCUT2D eigenvalue weighted by atomic mass is 19.1. The zero-order valence-electron chi connectivity index (χ0n) is 22.0. The van der Waals surface area contributed by atoms with E-state index in [-0.39, 0.29) is 31.5 Å². The number of nitrogens with two attached hydrogens (primary N) is 1. The molecule has 208 valence electrons. The minimum Gasteiger partial charge on any atom is -0.493 e. The van der Waals surface area contributed by atoms with Crippen molar-refractivity contribution in [1.29, 1.82) is 0 Å². The lowest BCUT2D eigenvalue weighted by Crippen LogP contribution is -2.20. The van der Waals surface area contributed by atoms with Gasteiger partial charge < -0.3 is 24.5 Å². The van der Waals surface area contributed by atoms with Crippen LogP contribution in [0.5, 0.6) is 0 Å². The van der Waals surface area contributed by atoms with Crippen molar-refractivity contribution in [2.24, 2.45) is 7.05 Å². The van der Waals surface area contributed by atoms with Crippen LogP contribution in [-0.2, 0) is 34.5 Å². The molecule has 4 aromatic rings. The smallest absolute Gasteiger partial charge is 0.164 e. The van der Waals surface area contributed by atoms with E-state index in [1.165, 1.54) is 18.5 Å². The Morgan fingerprint density at radius 3 is 2.77 bits per heavy atom. The minimum absolute atomic E-state index is 0.0488. The van der Waals surface area contributed by atoms with E-state index in [2.05, 4.69) is 15.0 Å². The van der Waals surface area contributed by atoms with Crippen LogP contribution in [0.2, 0.25) is 0 Å². The predicted octanol–water partition coefficient (Wildman–Crippen LogP) is 4.54. The van der Waals surface area contributed by atoms with Crippen LogP contribution in [0.4, 0.5) is 14.6 Å². The molecule has 1 atom stereocenters. The molecule has 1 aliphatic heterocycles. The van der Waals surface area contributed by atoms with Gasteiger partial charge in [0.1, 0.15) is 54.6 Å². The second-order valence-corrected chi connectivity index (χ2v) is 9.87. The first kappa shape index (κ1) is 25.9. The largest absolute Gasteiger partial charge is 0.493 e. The van der Waals surface area contributed by atoms with Gasteiger partial charge in [0.2, 0.25) is 0 Å². The van der Waals surface area contributed by atoms with Crippen LogP contribution >= 0.6 is 0 Å². The van der Waals surface area contributed by atoms with Crippen LogP contribution in [0.1, 0.15) is 36.6 Å². The molecule has 0 radical (unpaired) electrons. The molecule has 1 saturated heterocycles. The quantitative estimate of drug-likeness (QED) is 0.341. The Bertz CT molecular complexity index is 1590. The van der Waals surface area contributed by atoms with Crippen molar-refractivity contribution in [1.82, 2.24) is 29.3 Å². The number of alkyl halides is 1. The Balaban J connectivity index is 1.19. The zero-order chi connectivity index (χ0) is 27.6. The monoisotopic (exact) mass is 549 g/mol. The Morgan fingerprint density at radius 1 is 1.15 bits per heavy atom. The molecule has 1 aliphatic carbocycles. The molecule has 0 amide bonds. The molecule has 12 heteroatoms. The summed E-state index contributed by atoms with van der Waals surface area (Å²) in [6, 6.07) is 4.90. The van der Waals surface area contributed by atoms with Crippen molar-refractivity contribution in [2.45, 2.75) is 44.7 Å². The third-order valence-electron chi connectivity index (χ3n) is 7.14. The van der Waals surface area contributed by atoms with Crippen molar-refractivity contribution in [3.63, 3.8) is 0 Å². The Kier molecular flexibility index (Phi) is 7.16. The van der Waals surface area contributed by atoms with Crippen LogP contribution in [0.25, 0.3) is 22.3 Å².